The summed E-state index contributed by atoms with van der Waals surface area (Å²) in [7, 11) is 0. The molecule has 1 unspecified atom stereocenters. The molecule has 1 aliphatic rings. The molecule has 0 fully saturated rings. The lowest BCUT2D eigenvalue weighted by atomic mass is 9.89. The van der Waals surface area contributed by atoms with E-state index < -0.39 is 0 Å². The molecule has 1 heterocycles. The third-order valence-electron chi connectivity index (χ3n) is 4.44. The first kappa shape index (κ1) is 21.4. The van der Waals surface area contributed by atoms with E-state index in [0.717, 1.165) is 30.2 Å². The van der Waals surface area contributed by atoms with Crippen LogP contribution in [0.15, 0.2) is 36.4 Å². The number of halogens is 1. The molecule has 3 rings (SSSR count). The molecule has 0 bridgehead atoms. The van der Waals surface area contributed by atoms with Gasteiger partial charge in [-0.25, -0.2) is 0 Å². The zero-order valence-electron chi connectivity index (χ0n) is 16.6. The van der Waals surface area contributed by atoms with Gasteiger partial charge in [0.2, 0.25) is 0 Å². The van der Waals surface area contributed by atoms with E-state index in [9.17, 15) is 0 Å². The van der Waals surface area contributed by atoms with Gasteiger partial charge in [-0.1, -0.05) is 12.1 Å². The van der Waals surface area contributed by atoms with Gasteiger partial charge in [-0.15, -0.1) is 12.4 Å². The highest BCUT2D eigenvalue weighted by Crippen LogP contribution is 2.38. The Morgan fingerprint density at radius 1 is 1.00 bits per heavy atom. The summed E-state index contributed by atoms with van der Waals surface area (Å²) in [5.41, 5.74) is 3.82. The Hall–Kier alpha value is -1.91. The monoisotopic (exact) mass is 391 g/mol. The summed E-state index contributed by atoms with van der Waals surface area (Å²) in [6.07, 6.45) is 1.17. The Bertz CT molecular complexity index is 731. The maximum atomic E-state index is 5.83. The topological polar surface area (TPSA) is 39.7 Å². The smallest absolute Gasteiger partial charge is 0.161 e. The van der Waals surface area contributed by atoms with Gasteiger partial charge in [0.05, 0.1) is 25.4 Å². The molecule has 2 aromatic carbocycles. The second-order valence-corrected chi connectivity index (χ2v) is 6.74. The average molecular weight is 392 g/mol. The van der Waals surface area contributed by atoms with Crippen molar-refractivity contribution in [1.29, 1.82) is 0 Å². The van der Waals surface area contributed by atoms with Crippen LogP contribution in [0.25, 0.3) is 0 Å². The fourth-order valence-corrected chi connectivity index (χ4v) is 3.41. The summed E-state index contributed by atoms with van der Waals surface area (Å²) in [5, 5.41) is 3.64. The third kappa shape index (κ3) is 5.08. The Kier molecular flexibility index (Phi) is 7.81. The lowest BCUT2D eigenvalue weighted by molar-refractivity contribution is 0.242. The summed E-state index contributed by atoms with van der Waals surface area (Å²) >= 11 is 0. The van der Waals surface area contributed by atoms with Gasteiger partial charge in [0.25, 0.3) is 0 Å². The normalized spacial score (nSPS) is 15.7. The molecule has 1 N–H and O–H groups in total. The molecule has 1 atom stereocenters. The summed E-state index contributed by atoms with van der Waals surface area (Å²) in [4.78, 5) is 0. The van der Waals surface area contributed by atoms with E-state index in [0.29, 0.717) is 13.2 Å². The van der Waals surface area contributed by atoms with E-state index in [-0.39, 0.29) is 24.6 Å². The van der Waals surface area contributed by atoms with Gasteiger partial charge in [-0.05, 0) is 75.1 Å². The summed E-state index contributed by atoms with van der Waals surface area (Å²) in [6, 6.07) is 12.8. The molecular weight excluding hydrogens is 362 g/mol. The average Bonchev–Trinajstić information content (AvgIpc) is 2.62. The zero-order valence-corrected chi connectivity index (χ0v) is 17.4. The van der Waals surface area contributed by atoms with Crippen LogP contribution < -0.4 is 19.5 Å². The van der Waals surface area contributed by atoms with Gasteiger partial charge in [0.15, 0.2) is 11.5 Å². The predicted octanol–water partition coefficient (Wildman–Crippen LogP) is 4.93. The van der Waals surface area contributed by atoms with Crippen molar-refractivity contribution in [1.82, 2.24) is 5.32 Å². The van der Waals surface area contributed by atoms with Crippen molar-refractivity contribution < 1.29 is 14.2 Å². The fraction of sp³-hybridized carbons (Fsp3) is 0.455. The van der Waals surface area contributed by atoms with Crippen LogP contribution in [0.5, 0.6) is 17.2 Å². The van der Waals surface area contributed by atoms with Gasteiger partial charge in [-0.2, -0.15) is 0 Å². The number of hydrogen-bond acceptors (Lipinski definition) is 4. The molecule has 5 heteroatoms. The van der Waals surface area contributed by atoms with Crippen LogP contribution in [0.1, 0.15) is 50.4 Å². The van der Waals surface area contributed by atoms with Crippen molar-refractivity contribution in [3.8, 4) is 17.2 Å². The number of ether oxygens (including phenoxy) is 3. The molecular formula is C22H30ClNO3. The van der Waals surface area contributed by atoms with Crippen LogP contribution in [-0.2, 0) is 6.42 Å². The van der Waals surface area contributed by atoms with Crippen LogP contribution in [-0.4, -0.2) is 25.9 Å². The van der Waals surface area contributed by atoms with E-state index in [4.69, 9.17) is 14.2 Å². The molecule has 0 amide bonds. The highest BCUT2D eigenvalue weighted by Gasteiger charge is 2.24. The minimum Gasteiger partial charge on any atom is -0.491 e. The molecule has 148 valence electrons. The first-order valence-electron chi connectivity index (χ1n) is 9.54. The number of benzene rings is 2. The molecule has 0 aliphatic carbocycles. The van der Waals surface area contributed by atoms with Gasteiger partial charge >= 0.3 is 0 Å². The SMILES string of the molecule is CCOc1cc2c(cc1OCC)C(c1ccc(OC(C)C)cc1)NCC2.Cl. The van der Waals surface area contributed by atoms with Gasteiger partial charge in [0, 0.05) is 6.54 Å². The standard InChI is InChI=1S/C22H29NO3.ClH/c1-5-24-20-13-17-11-12-23-22(19(17)14-21(20)25-6-2)16-7-9-18(10-8-16)26-15(3)4;/h7-10,13-15,22-23H,5-6,11-12H2,1-4H3;1H. The number of fused-ring (bicyclic) bond motifs is 1. The number of rotatable bonds is 7. The predicted molar refractivity (Wildman–Crippen MR) is 112 cm³/mol. The number of nitrogens with one attached hydrogen (secondary N) is 1. The van der Waals surface area contributed by atoms with E-state index in [1.165, 1.54) is 16.7 Å². The molecule has 4 nitrogen and oxygen atoms in total. The quantitative estimate of drug-likeness (QED) is 0.726. The Morgan fingerprint density at radius 2 is 1.63 bits per heavy atom. The van der Waals surface area contributed by atoms with E-state index in [1.54, 1.807) is 0 Å². The molecule has 1 aliphatic heterocycles. The van der Waals surface area contributed by atoms with Crippen LogP contribution in [0.2, 0.25) is 0 Å². The van der Waals surface area contributed by atoms with Gasteiger partial charge in [0.1, 0.15) is 5.75 Å². The second kappa shape index (κ2) is 9.86. The lowest BCUT2D eigenvalue weighted by Crippen LogP contribution is -2.30. The molecule has 2 aromatic rings. The third-order valence-corrected chi connectivity index (χ3v) is 4.44. The Morgan fingerprint density at radius 3 is 2.22 bits per heavy atom. The Balaban J connectivity index is 0.00000261. The zero-order chi connectivity index (χ0) is 18.5. The van der Waals surface area contributed by atoms with E-state index in [1.807, 2.05) is 39.8 Å². The van der Waals surface area contributed by atoms with Crippen molar-refractivity contribution in [3.05, 3.63) is 53.1 Å². The largest absolute Gasteiger partial charge is 0.491 e. The van der Waals surface area contributed by atoms with Crippen molar-refractivity contribution in [2.24, 2.45) is 0 Å². The van der Waals surface area contributed by atoms with Crippen molar-refractivity contribution in [3.63, 3.8) is 0 Å². The first-order chi connectivity index (χ1) is 12.6. The molecule has 0 saturated carbocycles. The molecule has 0 saturated heterocycles. The fourth-order valence-electron chi connectivity index (χ4n) is 3.41. The van der Waals surface area contributed by atoms with Gasteiger partial charge < -0.3 is 19.5 Å². The highest BCUT2D eigenvalue weighted by atomic mass is 35.5. The van der Waals surface area contributed by atoms with Gasteiger partial charge in [-0.3, -0.25) is 0 Å². The van der Waals surface area contributed by atoms with Crippen LogP contribution >= 0.6 is 12.4 Å². The maximum absolute atomic E-state index is 5.83. The maximum Gasteiger partial charge on any atom is 0.161 e. The highest BCUT2D eigenvalue weighted by molar-refractivity contribution is 5.85. The van der Waals surface area contributed by atoms with E-state index in [2.05, 4.69) is 29.6 Å². The summed E-state index contributed by atoms with van der Waals surface area (Å²) in [5.74, 6) is 2.57. The van der Waals surface area contributed by atoms with Crippen molar-refractivity contribution >= 4 is 12.4 Å². The molecule has 0 aromatic heterocycles. The van der Waals surface area contributed by atoms with Crippen LogP contribution in [0.4, 0.5) is 0 Å². The van der Waals surface area contributed by atoms with E-state index >= 15 is 0 Å². The van der Waals surface area contributed by atoms with Crippen molar-refractivity contribution in [2.45, 2.75) is 46.3 Å². The lowest BCUT2D eigenvalue weighted by Gasteiger charge is -2.29. The van der Waals surface area contributed by atoms with Crippen LogP contribution in [0.3, 0.4) is 0 Å². The summed E-state index contributed by atoms with van der Waals surface area (Å²) < 4.78 is 17.4. The van der Waals surface area contributed by atoms with Crippen molar-refractivity contribution in [2.75, 3.05) is 19.8 Å². The Labute approximate surface area is 168 Å². The second-order valence-electron chi connectivity index (χ2n) is 6.74. The molecule has 27 heavy (non-hydrogen) atoms. The minimum atomic E-state index is 0. The minimum absolute atomic E-state index is 0. The first-order valence-corrected chi connectivity index (χ1v) is 9.54. The molecule has 0 spiro atoms. The number of hydrogen-bond donors (Lipinski definition) is 1. The summed E-state index contributed by atoms with van der Waals surface area (Å²) in [6.45, 7) is 10.3. The molecule has 0 radical (unpaired) electrons. The van der Waals surface area contributed by atoms with Crippen LogP contribution in [0, 0.1) is 0 Å².